The second kappa shape index (κ2) is 8.19. The van der Waals surface area contributed by atoms with Crippen molar-refractivity contribution >= 4 is 39.2 Å². The highest BCUT2D eigenvalue weighted by atomic mass is 32.1. The maximum atomic E-state index is 12.1. The van der Waals surface area contributed by atoms with Gasteiger partial charge in [0.2, 0.25) is 6.10 Å². The molecular weight excluding hydrogens is 396 g/mol. The summed E-state index contributed by atoms with van der Waals surface area (Å²) < 4.78 is 16.9. The quantitative estimate of drug-likeness (QED) is 0.502. The lowest BCUT2D eigenvalue weighted by Gasteiger charge is -2.25. The summed E-state index contributed by atoms with van der Waals surface area (Å²) in [5.74, 6) is -0.863. The number of hydrogen-bond donors (Lipinski definition) is 2. The molecule has 0 unspecified atom stereocenters. The van der Waals surface area contributed by atoms with Crippen LogP contribution in [0.2, 0.25) is 0 Å². The van der Waals surface area contributed by atoms with Gasteiger partial charge in [-0.3, -0.25) is 20.4 Å². The summed E-state index contributed by atoms with van der Waals surface area (Å²) >= 11 is 1.28. The molecule has 0 radical (unpaired) electrons. The number of hydrazine groups is 1. The fourth-order valence-electron chi connectivity index (χ4n) is 2.68. The molecular formula is C20H16N2O6S. The highest BCUT2D eigenvalue weighted by Gasteiger charge is 2.27. The van der Waals surface area contributed by atoms with Gasteiger partial charge in [-0.05, 0) is 29.7 Å². The van der Waals surface area contributed by atoms with Gasteiger partial charge in [0.1, 0.15) is 11.5 Å². The molecule has 9 heteroatoms. The molecule has 0 aliphatic carbocycles. The number of rotatable bonds is 4. The first-order valence-corrected chi connectivity index (χ1v) is 9.55. The van der Waals surface area contributed by atoms with E-state index in [9.17, 15) is 14.4 Å². The first-order chi connectivity index (χ1) is 14.1. The lowest BCUT2D eigenvalue weighted by Crippen LogP contribution is -2.51. The van der Waals surface area contributed by atoms with Gasteiger partial charge in [-0.2, -0.15) is 0 Å². The Hall–Kier alpha value is -3.59. The minimum Gasteiger partial charge on any atom is -0.485 e. The van der Waals surface area contributed by atoms with Gasteiger partial charge in [-0.1, -0.05) is 30.3 Å². The van der Waals surface area contributed by atoms with Crippen molar-refractivity contribution in [1.29, 1.82) is 0 Å². The number of nitrogens with one attached hydrogen (secondary N) is 2. The molecule has 0 fully saturated rings. The normalized spacial score (nSPS) is 14.8. The van der Waals surface area contributed by atoms with Crippen LogP contribution in [0.15, 0.2) is 54.6 Å². The van der Waals surface area contributed by atoms with E-state index in [4.69, 9.17) is 14.2 Å². The van der Waals surface area contributed by atoms with Gasteiger partial charge < -0.3 is 14.2 Å². The van der Waals surface area contributed by atoms with Crippen molar-refractivity contribution in [2.75, 3.05) is 13.2 Å². The molecule has 0 saturated carbocycles. The predicted molar refractivity (Wildman–Crippen MR) is 105 cm³/mol. The van der Waals surface area contributed by atoms with Crippen molar-refractivity contribution in [2.24, 2.45) is 0 Å². The van der Waals surface area contributed by atoms with Gasteiger partial charge in [0.15, 0.2) is 18.1 Å². The van der Waals surface area contributed by atoms with E-state index in [0.717, 1.165) is 10.1 Å². The van der Waals surface area contributed by atoms with Crippen LogP contribution in [0.5, 0.6) is 11.5 Å². The smallest absolute Gasteiger partial charge is 0.348 e. The number of hydrogen-bond acceptors (Lipinski definition) is 7. The van der Waals surface area contributed by atoms with E-state index in [1.807, 2.05) is 24.3 Å². The second-order valence-corrected chi connectivity index (χ2v) is 7.21. The lowest BCUT2D eigenvalue weighted by molar-refractivity contribution is -0.135. The number of para-hydroxylation sites is 2. The van der Waals surface area contributed by atoms with E-state index >= 15 is 0 Å². The molecule has 29 heavy (non-hydrogen) atoms. The van der Waals surface area contributed by atoms with E-state index in [0.29, 0.717) is 16.4 Å². The Labute approximate surface area is 169 Å². The van der Waals surface area contributed by atoms with Crippen LogP contribution >= 0.6 is 11.3 Å². The standard InChI is InChI=1S/C20H16N2O6S/c23-18(11-27-20(25)17-9-12-5-1-4-8-16(12)29-17)21-22-19(24)15-10-26-13-6-2-3-7-14(13)28-15/h1-9,15H,10-11H2,(H,21,23)(H,22,24)/t15-/m1/s1. The topological polar surface area (TPSA) is 103 Å². The summed E-state index contributed by atoms with van der Waals surface area (Å²) in [6, 6.07) is 16.2. The highest BCUT2D eigenvalue weighted by molar-refractivity contribution is 7.20. The fraction of sp³-hybridized carbons (Fsp3) is 0.150. The fourth-order valence-corrected chi connectivity index (χ4v) is 3.64. The zero-order valence-electron chi connectivity index (χ0n) is 15.0. The maximum Gasteiger partial charge on any atom is 0.348 e. The summed E-state index contributed by atoms with van der Waals surface area (Å²) in [5, 5.41) is 0.928. The van der Waals surface area contributed by atoms with E-state index in [-0.39, 0.29) is 6.61 Å². The highest BCUT2D eigenvalue weighted by Crippen LogP contribution is 2.30. The molecule has 8 nitrogen and oxygen atoms in total. The third-order valence-corrected chi connectivity index (χ3v) is 5.18. The Kier molecular flexibility index (Phi) is 5.30. The third-order valence-electron chi connectivity index (χ3n) is 4.09. The predicted octanol–water partition coefficient (Wildman–Crippen LogP) is 2.05. The van der Waals surface area contributed by atoms with Crippen molar-refractivity contribution in [1.82, 2.24) is 10.9 Å². The number of carbonyl (C=O) groups excluding carboxylic acids is 3. The van der Waals surface area contributed by atoms with Crippen molar-refractivity contribution < 1.29 is 28.6 Å². The van der Waals surface area contributed by atoms with Crippen molar-refractivity contribution in [2.45, 2.75) is 6.10 Å². The molecule has 2 N–H and O–H groups in total. The van der Waals surface area contributed by atoms with E-state index in [1.165, 1.54) is 11.3 Å². The third kappa shape index (κ3) is 4.30. The molecule has 2 aromatic carbocycles. The Balaban J connectivity index is 1.24. The molecule has 1 aliphatic heterocycles. The van der Waals surface area contributed by atoms with Crippen LogP contribution in [0.3, 0.4) is 0 Å². The van der Waals surface area contributed by atoms with Crippen LogP contribution in [-0.2, 0) is 14.3 Å². The van der Waals surface area contributed by atoms with E-state index in [1.54, 1.807) is 30.3 Å². The Morgan fingerprint density at radius 3 is 2.62 bits per heavy atom. The Bertz CT molecular complexity index is 1050. The van der Waals surface area contributed by atoms with Crippen LogP contribution in [0.1, 0.15) is 9.67 Å². The number of carbonyl (C=O) groups is 3. The van der Waals surface area contributed by atoms with Gasteiger partial charge in [0.05, 0.1) is 0 Å². The van der Waals surface area contributed by atoms with E-state index < -0.39 is 30.5 Å². The summed E-state index contributed by atoms with van der Waals surface area (Å²) in [4.78, 5) is 36.5. The van der Waals surface area contributed by atoms with E-state index in [2.05, 4.69) is 10.9 Å². The van der Waals surface area contributed by atoms with Crippen LogP contribution in [0, 0.1) is 0 Å². The van der Waals surface area contributed by atoms with Crippen molar-refractivity contribution in [3.05, 3.63) is 59.5 Å². The Morgan fingerprint density at radius 1 is 1.03 bits per heavy atom. The number of ether oxygens (including phenoxy) is 3. The number of thiophene rings is 1. The summed E-state index contributed by atoms with van der Waals surface area (Å²) in [7, 11) is 0. The van der Waals surface area contributed by atoms with Gasteiger partial charge in [0.25, 0.3) is 11.8 Å². The maximum absolute atomic E-state index is 12.1. The monoisotopic (exact) mass is 412 g/mol. The van der Waals surface area contributed by atoms with Crippen LogP contribution in [-0.4, -0.2) is 37.1 Å². The van der Waals surface area contributed by atoms with Gasteiger partial charge in [0, 0.05) is 4.70 Å². The molecule has 1 aliphatic rings. The average molecular weight is 412 g/mol. The number of fused-ring (bicyclic) bond motifs is 2. The largest absolute Gasteiger partial charge is 0.485 e. The molecule has 1 atom stereocenters. The zero-order valence-corrected chi connectivity index (χ0v) is 15.9. The molecule has 3 aromatic rings. The minimum atomic E-state index is -0.911. The van der Waals surface area contributed by atoms with Gasteiger partial charge >= 0.3 is 5.97 Å². The molecule has 148 valence electrons. The first kappa shape index (κ1) is 18.8. The molecule has 0 saturated heterocycles. The van der Waals surface area contributed by atoms with Crippen molar-refractivity contribution in [3.8, 4) is 11.5 Å². The summed E-state index contributed by atoms with van der Waals surface area (Å²) in [6.07, 6.45) is -0.911. The zero-order chi connectivity index (χ0) is 20.2. The molecule has 0 spiro atoms. The van der Waals surface area contributed by atoms with Gasteiger partial charge in [-0.15, -0.1) is 11.3 Å². The summed E-state index contributed by atoms with van der Waals surface area (Å²) in [6.45, 7) is -0.516. The summed E-state index contributed by atoms with van der Waals surface area (Å²) in [5.41, 5.74) is 4.43. The molecule has 2 amide bonds. The number of benzene rings is 2. The lowest BCUT2D eigenvalue weighted by atomic mass is 10.2. The van der Waals surface area contributed by atoms with Crippen LogP contribution < -0.4 is 20.3 Å². The van der Waals surface area contributed by atoms with Crippen LogP contribution in [0.4, 0.5) is 0 Å². The SMILES string of the molecule is O=C(COC(=O)c1cc2ccccc2s1)NNC(=O)[C@H]1COc2ccccc2O1. The molecule has 1 aromatic heterocycles. The molecule has 0 bridgehead atoms. The second-order valence-electron chi connectivity index (χ2n) is 6.13. The number of amides is 2. The number of esters is 1. The average Bonchev–Trinajstić information content (AvgIpc) is 3.20. The van der Waals surface area contributed by atoms with Gasteiger partial charge in [-0.25, -0.2) is 4.79 Å². The van der Waals surface area contributed by atoms with Crippen LogP contribution in [0.25, 0.3) is 10.1 Å². The van der Waals surface area contributed by atoms with Crippen molar-refractivity contribution in [3.63, 3.8) is 0 Å². The molecule has 4 rings (SSSR count). The first-order valence-electron chi connectivity index (χ1n) is 8.73. The Morgan fingerprint density at radius 2 is 1.79 bits per heavy atom. The minimum absolute atomic E-state index is 0.0135. The molecule has 2 heterocycles.